The maximum atomic E-state index is 13.5. The number of esters is 1. The Balaban J connectivity index is 2.24. The quantitative estimate of drug-likeness (QED) is 0.570. The highest BCUT2D eigenvalue weighted by molar-refractivity contribution is 6.01. The summed E-state index contributed by atoms with van der Waals surface area (Å²) in [5.41, 5.74) is 7.26. The minimum atomic E-state index is -1.01. The van der Waals surface area contributed by atoms with Gasteiger partial charge in [-0.2, -0.15) is 0 Å². The van der Waals surface area contributed by atoms with Gasteiger partial charge in [-0.15, -0.1) is 0 Å². The number of rotatable bonds is 6. The Kier molecular flexibility index (Phi) is 6.97. The number of carbonyl (C=O) groups excluding carboxylic acids is 2. The molecule has 2 aromatic rings. The van der Waals surface area contributed by atoms with E-state index in [2.05, 4.69) is 5.32 Å². The summed E-state index contributed by atoms with van der Waals surface area (Å²) in [5, 5.41) is 2.64. The Bertz CT molecular complexity index is 893. The van der Waals surface area contributed by atoms with Crippen LogP contribution in [-0.2, 0) is 14.3 Å². The Hall–Kier alpha value is -2.93. The third-order valence-corrected chi connectivity index (χ3v) is 4.20. The highest BCUT2D eigenvalue weighted by Crippen LogP contribution is 2.25. The summed E-state index contributed by atoms with van der Waals surface area (Å²) in [4.78, 5) is 24.9. The second-order valence-corrected chi connectivity index (χ2v) is 7.72. The number of anilines is 1. The molecule has 1 unspecified atom stereocenters. The molecule has 0 aliphatic heterocycles. The van der Waals surface area contributed by atoms with E-state index in [9.17, 15) is 14.0 Å². The van der Waals surface area contributed by atoms with Gasteiger partial charge in [0.15, 0.2) is 6.04 Å². The van der Waals surface area contributed by atoms with E-state index in [1.54, 1.807) is 31.2 Å². The van der Waals surface area contributed by atoms with E-state index in [0.717, 1.165) is 0 Å². The van der Waals surface area contributed by atoms with E-state index < -0.39 is 29.6 Å². The molecule has 7 heteroatoms. The largest absolute Gasteiger partial charge is 0.467 e. The minimum Gasteiger partial charge on any atom is -0.467 e. The van der Waals surface area contributed by atoms with Gasteiger partial charge in [-0.1, -0.05) is 18.2 Å². The van der Waals surface area contributed by atoms with Crippen molar-refractivity contribution in [3.8, 4) is 11.1 Å². The van der Waals surface area contributed by atoms with E-state index in [4.69, 9.17) is 15.2 Å². The van der Waals surface area contributed by atoms with Crippen molar-refractivity contribution in [3.63, 3.8) is 0 Å². The van der Waals surface area contributed by atoms with Crippen LogP contribution in [0, 0.1) is 5.82 Å². The van der Waals surface area contributed by atoms with E-state index >= 15 is 0 Å². The fourth-order valence-corrected chi connectivity index (χ4v) is 2.96. The number of nitrogens with one attached hydrogen (secondary N) is 1. The van der Waals surface area contributed by atoms with Gasteiger partial charge in [0.2, 0.25) is 0 Å². The van der Waals surface area contributed by atoms with Gasteiger partial charge in [0.25, 0.3) is 5.91 Å². The smallest absolute Gasteiger partial charge is 0.331 e. The molecule has 2 aromatic carbocycles. The summed E-state index contributed by atoms with van der Waals surface area (Å²) in [6, 6.07) is 9.86. The standard InChI is InChI=1S/C22H27FN2O4/c1-13(29-22(2,3)4)19(21(27)28-5)25-20(26)17-10-9-15(12-18(17)24)14-7-6-8-16(23)11-14/h6-13,19H,24H2,1-5H3,(H,25,26)/t13?,19-/m0/s1. The highest BCUT2D eigenvalue weighted by atomic mass is 19.1. The molecule has 2 rings (SSSR count). The first kappa shape index (κ1) is 22.4. The van der Waals surface area contributed by atoms with Crippen LogP contribution in [0.4, 0.5) is 10.1 Å². The molecule has 6 nitrogen and oxygen atoms in total. The number of nitrogens with two attached hydrogens (primary N) is 1. The lowest BCUT2D eigenvalue weighted by Crippen LogP contribution is -2.51. The summed E-state index contributed by atoms with van der Waals surface area (Å²) >= 11 is 0. The van der Waals surface area contributed by atoms with Crippen LogP contribution in [-0.4, -0.2) is 36.7 Å². The van der Waals surface area contributed by atoms with Gasteiger partial charge in [-0.25, -0.2) is 9.18 Å². The zero-order chi connectivity index (χ0) is 21.8. The van der Waals surface area contributed by atoms with Crippen molar-refractivity contribution in [2.24, 2.45) is 0 Å². The van der Waals surface area contributed by atoms with Crippen LogP contribution < -0.4 is 11.1 Å². The molecule has 0 heterocycles. The van der Waals surface area contributed by atoms with E-state index in [-0.39, 0.29) is 17.1 Å². The number of hydrogen-bond donors (Lipinski definition) is 2. The van der Waals surface area contributed by atoms with Crippen molar-refractivity contribution in [1.29, 1.82) is 0 Å². The van der Waals surface area contributed by atoms with Crippen LogP contribution >= 0.6 is 0 Å². The van der Waals surface area contributed by atoms with Gasteiger partial charge < -0.3 is 20.5 Å². The van der Waals surface area contributed by atoms with Crippen molar-refractivity contribution in [2.75, 3.05) is 12.8 Å². The van der Waals surface area contributed by atoms with E-state index in [1.807, 2.05) is 20.8 Å². The number of benzene rings is 2. The summed E-state index contributed by atoms with van der Waals surface area (Å²) in [6.45, 7) is 7.23. The lowest BCUT2D eigenvalue weighted by molar-refractivity contribution is -0.150. The molecule has 2 atom stereocenters. The second kappa shape index (κ2) is 9.05. The summed E-state index contributed by atoms with van der Waals surface area (Å²) in [5.74, 6) is -1.52. The summed E-state index contributed by atoms with van der Waals surface area (Å²) < 4.78 is 24.1. The SMILES string of the molecule is COC(=O)[C@@H](NC(=O)c1ccc(-c2cccc(F)c2)cc1N)C(C)OC(C)(C)C. The van der Waals surface area contributed by atoms with Gasteiger partial charge in [0.05, 0.1) is 24.4 Å². The molecule has 29 heavy (non-hydrogen) atoms. The fraction of sp³-hybridized carbons (Fsp3) is 0.364. The van der Waals surface area contributed by atoms with Crippen molar-refractivity contribution in [3.05, 3.63) is 53.8 Å². The summed E-state index contributed by atoms with van der Waals surface area (Å²) in [6.07, 6.45) is -0.626. The third kappa shape index (κ3) is 6.02. The Morgan fingerprint density at radius 1 is 1.10 bits per heavy atom. The topological polar surface area (TPSA) is 90.7 Å². The number of methoxy groups -OCH3 is 1. The number of ether oxygens (including phenoxy) is 2. The van der Waals surface area contributed by atoms with Gasteiger partial charge in [-0.3, -0.25) is 4.79 Å². The lowest BCUT2D eigenvalue weighted by atomic mass is 10.0. The summed E-state index contributed by atoms with van der Waals surface area (Å²) in [7, 11) is 1.24. The number of nitrogen functional groups attached to an aromatic ring is 1. The van der Waals surface area contributed by atoms with Crippen molar-refractivity contribution >= 4 is 17.6 Å². The van der Waals surface area contributed by atoms with Gasteiger partial charge in [0, 0.05) is 5.69 Å². The lowest BCUT2D eigenvalue weighted by Gasteiger charge is -2.30. The van der Waals surface area contributed by atoms with Crippen LogP contribution in [0.15, 0.2) is 42.5 Å². The first-order valence-corrected chi connectivity index (χ1v) is 9.24. The molecule has 1 amide bonds. The Labute approximate surface area is 170 Å². The average molecular weight is 402 g/mol. The predicted octanol–water partition coefficient (Wildman–Crippen LogP) is 3.55. The minimum absolute atomic E-state index is 0.196. The van der Waals surface area contributed by atoms with Crippen molar-refractivity contribution in [1.82, 2.24) is 5.32 Å². The Morgan fingerprint density at radius 2 is 1.76 bits per heavy atom. The molecule has 0 saturated carbocycles. The van der Waals surface area contributed by atoms with Gasteiger partial charge >= 0.3 is 5.97 Å². The zero-order valence-corrected chi connectivity index (χ0v) is 17.3. The number of halogens is 1. The Morgan fingerprint density at radius 3 is 2.31 bits per heavy atom. The first-order chi connectivity index (χ1) is 13.5. The first-order valence-electron chi connectivity index (χ1n) is 9.24. The number of amides is 1. The highest BCUT2D eigenvalue weighted by Gasteiger charge is 2.32. The number of hydrogen-bond acceptors (Lipinski definition) is 5. The predicted molar refractivity (Wildman–Crippen MR) is 110 cm³/mol. The maximum absolute atomic E-state index is 13.5. The van der Waals surface area contributed by atoms with E-state index in [0.29, 0.717) is 11.1 Å². The molecule has 0 bridgehead atoms. The van der Waals surface area contributed by atoms with Crippen LogP contribution in [0.3, 0.4) is 0 Å². The zero-order valence-electron chi connectivity index (χ0n) is 17.3. The molecule has 3 N–H and O–H groups in total. The van der Waals surface area contributed by atoms with Crippen LogP contribution in [0.25, 0.3) is 11.1 Å². The molecular weight excluding hydrogens is 375 g/mol. The van der Waals surface area contributed by atoms with Gasteiger partial charge in [-0.05, 0) is 63.1 Å². The van der Waals surface area contributed by atoms with Crippen molar-refractivity contribution in [2.45, 2.75) is 45.4 Å². The van der Waals surface area contributed by atoms with Crippen molar-refractivity contribution < 1.29 is 23.5 Å². The maximum Gasteiger partial charge on any atom is 0.331 e. The molecule has 0 aliphatic rings. The molecule has 0 saturated heterocycles. The molecule has 156 valence electrons. The molecule has 0 aromatic heterocycles. The molecule has 0 radical (unpaired) electrons. The normalized spacial score (nSPS) is 13.4. The molecule has 0 spiro atoms. The van der Waals surface area contributed by atoms with E-state index in [1.165, 1.54) is 25.3 Å². The third-order valence-electron chi connectivity index (χ3n) is 4.20. The fourth-order valence-electron chi connectivity index (χ4n) is 2.96. The second-order valence-electron chi connectivity index (χ2n) is 7.72. The average Bonchev–Trinajstić information content (AvgIpc) is 2.63. The van der Waals surface area contributed by atoms with Crippen LogP contribution in [0.5, 0.6) is 0 Å². The van der Waals surface area contributed by atoms with Crippen LogP contribution in [0.2, 0.25) is 0 Å². The molecular formula is C22H27FN2O4. The monoisotopic (exact) mass is 402 g/mol. The molecule has 0 fully saturated rings. The van der Waals surface area contributed by atoms with Gasteiger partial charge in [0.1, 0.15) is 5.82 Å². The molecule has 0 aliphatic carbocycles. The van der Waals surface area contributed by atoms with Crippen LogP contribution in [0.1, 0.15) is 38.1 Å². The number of carbonyl (C=O) groups is 2.